The molecule has 0 aliphatic carbocycles. The second kappa shape index (κ2) is 8.53. The van der Waals surface area contributed by atoms with Gasteiger partial charge in [-0.2, -0.15) is 5.10 Å². The summed E-state index contributed by atoms with van der Waals surface area (Å²) in [5.41, 5.74) is 7.45. The predicted octanol–water partition coefficient (Wildman–Crippen LogP) is 2.82. The molecule has 146 valence electrons. The lowest BCUT2D eigenvalue weighted by molar-refractivity contribution is 0.102. The molecule has 0 saturated carbocycles. The quantitative estimate of drug-likeness (QED) is 0.654. The van der Waals surface area contributed by atoms with E-state index in [9.17, 15) is 9.18 Å². The van der Waals surface area contributed by atoms with Crippen molar-refractivity contribution in [3.8, 4) is 22.8 Å². The zero-order valence-electron chi connectivity index (χ0n) is 15.6. The molecule has 0 spiro atoms. The molecule has 8 heteroatoms. The summed E-state index contributed by atoms with van der Waals surface area (Å²) >= 11 is 0. The van der Waals surface area contributed by atoms with Crippen molar-refractivity contribution in [2.45, 2.75) is 0 Å². The number of aromatic nitrogens is 2. The van der Waals surface area contributed by atoms with Gasteiger partial charge in [0.1, 0.15) is 23.9 Å². The molecular weight excluding hydrogens is 363 g/mol. The molecule has 2 aromatic carbocycles. The van der Waals surface area contributed by atoms with Crippen LogP contribution < -0.4 is 20.5 Å². The molecule has 3 aromatic rings. The van der Waals surface area contributed by atoms with E-state index < -0.39 is 11.7 Å². The van der Waals surface area contributed by atoms with Gasteiger partial charge >= 0.3 is 0 Å². The normalized spacial score (nSPS) is 10.6. The fourth-order valence-corrected chi connectivity index (χ4v) is 2.74. The molecule has 0 radical (unpaired) electrons. The minimum absolute atomic E-state index is 0.107. The SMILES string of the molecule is COc1ccc(F)c(C(=O)Nc2ccc(OCCN)c(-c3ccnn3C)c2)c1. The van der Waals surface area contributed by atoms with E-state index in [4.69, 9.17) is 15.2 Å². The summed E-state index contributed by atoms with van der Waals surface area (Å²) < 4.78 is 26.5. The molecule has 0 saturated heterocycles. The van der Waals surface area contributed by atoms with Crippen LogP contribution in [0, 0.1) is 5.82 Å². The number of nitrogens with two attached hydrogens (primary N) is 1. The molecule has 7 nitrogen and oxygen atoms in total. The fourth-order valence-electron chi connectivity index (χ4n) is 2.74. The molecule has 0 aliphatic rings. The third-order valence-electron chi connectivity index (χ3n) is 4.13. The number of anilines is 1. The number of methoxy groups -OCH3 is 1. The van der Waals surface area contributed by atoms with E-state index in [0.29, 0.717) is 30.3 Å². The Morgan fingerprint density at radius 1 is 1.25 bits per heavy atom. The van der Waals surface area contributed by atoms with Gasteiger partial charge in [0.25, 0.3) is 5.91 Å². The average Bonchev–Trinajstić information content (AvgIpc) is 3.13. The largest absolute Gasteiger partial charge is 0.497 e. The highest BCUT2D eigenvalue weighted by atomic mass is 19.1. The summed E-state index contributed by atoms with van der Waals surface area (Å²) in [5.74, 6) is -0.205. The van der Waals surface area contributed by atoms with Gasteiger partial charge in [0, 0.05) is 31.0 Å². The monoisotopic (exact) mass is 384 g/mol. The summed E-state index contributed by atoms with van der Waals surface area (Å²) in [6.45, 7) is 0.726. The molecule has 1 amide bonds. The number of aryl methyl sites for hydroxylation is 1. The van der Waals surface area contributed by atoms with Gasteiger partial charge in [-0.15, -0.1) is 0 Å². The van der Waals surface area contributed by atoms with Crippen LogP contribution in [0.5, 0.6) is 11.5 Å². The fraction of sp³-hybridized carbons (Fsp3) is 0.200. The Morgan fingerprint density at radius 3 is 2.75 bits per heavy atom. The first kappa shape index (κ1) is 19.4. The van der Waals surface area contributed by atoms with Crippen molar-refractivity contribution in [3.63, 3.8) is 0 Å². The summed E-state index contributed by atoms with van der Waals surface area (Å²) in [6.07, 6.45) is 1.67. The molecule has 0 bridgehead atoms. The number of halogens is 1. The lowest BCUT2D eigenvalue weighted by Gasteiger charge is -2.14. The van der Waals surface area contributed by atoms with Gasteiger partial charge in [0.05, 0.1) is 18.4 Å². The van der Waals surface area contributed by atoms with Gasteiger partial charge in [-0.05, 0) is 42.5 Å². The number of carbonyl (C=O) groups excluding carboxylic acids is 1. The number of hydrogen-bond donors (Lipinski definition) is 2. The van der Waals surface area contributed by atoms with E-state index in [-0.39, 0.29) is 5.56 Å². The van der Waals surface area contributed by atoms with E-state index in [1.807, 2.05) is 6.07 Å². The number of ether oxygens (including phenoxy) is 2. The van der Waals surface area contributed by atoms with E-state index in [2.05, 4.69) is 10.4 Å². The number of carbonyl (C=O) groups is 1. The van der Waals surface area contributed by atoms with Gasteiger partial charge in [-0.25, -0.2) is 4.39 Å². The molecule has 28 heavy (non-hydrogen) atoms. The van der Waals surface area contributed by atoms with Crippen LogP contribution in [-0.2, 0) is 7.05 Å². The van der Waals surface area contributed by atoms with Crippen LogP contribution in [-0.4, -0.2) is 35.9 Å². The van der Waals surface area contributed by atoms with Crippen molar-refractivity contribution in [3.05, 3.63) is 60.0 Å². The molecule has 0 fully saturated rings. The van der Waals surface area contributed by atoms with Crippen LogP contribution in [0.3, 0.4) is 0 Å². The van der Waals surface area contributed by atoms with E-state index in [0.717, 1.165) is 11.3 Å². The lowest BCUT2D eigenvalue weighted by atomic mass is 10.1. The first-order chi connectivity index (χ1) is 13.5. The minimum atomic E-state index is -0.631. The van der Waals surface area contributed by atoms with Crippen molar-refractivity contribution in [1.82, 2.24) is 9.78 Å². The van der Waals surface area contributed by atoms with Crippen LogP contribution in [0.25, 0.3) is 11.3 Å². The Balaban J connectivity index is 1.92. The first-order valence-corrected chi connectivity index (χ1v) is 8.63. The highest BCUT2D eigenvalue weighted by Crippen LogP contribution is 2.32. The Kier molecular flexibility index (Phi) is 5.90. The zero-order valence-corrected chi connectivity index (χ0v) is 15.6. The van der Waals surface area contributed by atoms with E-state index >= 15 is 0 Å². The van der Waals surface area contributed by atoms with E-state index in [1.54, 1.807) is 36.1 Å². The number of hydrogen-bond acceptors (Lipinski definition) is 5. The van der Waals surface area contributed by atoms with Crippen molar-refractivity contribution < 1.29 is 18.7 Å². The number of rotatable bonds is 7. The average molecular weight is 384 g/mol. The summed E-state index contributed by atoms with van der Waals surface area (Å²) in [6, 6.07) is 11.0. The molecule has 3 rings (SSSR count). The Hall–Kier alpha value is -3.39. The summed E-state index contributed by atoms with van der Waals surface area (Å²) in [7, 11) is 3.26. The van der Waals surface area contributed by atoms with Gasteiger partial charge < -0.3 is 20.5 Å². The number of amides is 1. The van der Waals surface area contributed by atoms with Gasteiger partial charge in [0.15, 0.2) is 0 Å². The molecular formula is C20H21FN4O3. The number of nitrogens with one attached hydrogen (secondary N) is 1. The number of benzene rings is 2. The lowest BCUT2D eigenvalue weighted by Crippen LogP contribution is -2.14. The maximum Gasteiger partial charge on any atom is 0.258 e. The highest BCUT2D eigenvalue weighted by molar-refractivity contribution is 6.05. The Morgan fingerprint density at radius 2 is 2.07 bits per heavy atom. The van der Waals surface area contributed by atoms with E-state index in [1.165, 1.54) is 25.3 Å². The van der Waals surface area contributed by atoms with Gasteiger partial charge in [-0.1, -0.05) is 0 Å². The summed E-state index contributed by atoms with van der Waals surface area (Å²) in [5, 5.41) is 6.88. The Labute approximate surface area is 161 Å². The smallest absolute Gasteiger partial charge is 0.258 e. The third kappa shape index (κ3) is 4.12. The van der Waals surface area contributed by atoms with Crippen molar-refractivity contribution in [1.29, 1.82) is 0 Å². The Bertz CT molecular complexity index is 987. The maximum atomic E-state index is 14.1. The molecule has 0 unspecified atom stereocenters. The predicted molar refractivity (Wildman–Crippen MR) is 104 cm³/mol. The van der Waals surface area contributed by atoms with Crippen LogP contribution in [0.4, 0.5) is 10.1 Å². The maximum absolute atomic E-state index is 14.1. The van der Waals surface area contributed by atoms with Crippen LogP contribution in [0.15, 0.2) is 48.7 Å². The topological polar surface area (TPSA) is 91.4 Å². The molecule has 1 heterocycles. The standard InChI is InChI=1S/C20H21FN4O3/c1-25-18(7-9-23-25)16-11-13(3-6-19(16)28-10-8-22)24-20(26)15-12-14(27-2)4-5-17(15)21/h3-7,9,11-12H,8,10,22H2,1-2H3,(H,24,26). The third-order valence-corrected chi connectivity index (χ3v) is 4.13. The van der Waals surface area contributed by atoms with Crippen molar-refractivity contribution in [2.24, 2.45) is 12.8 Å². The molecule has 3 N–H and O–H groups in total. The van der Waals surface area contributed by atoms with Gasteiger partial charge in [-0.3, -0.25) is 9.48 Å². The van der Waals surface area contributed by atoms with Crippen molar-refractivity contribution >= 4 is 11.6 Å². The molecule has 1 aromatic heterocycles. The van der Waals surface area contributed by atoms with Crippen molar-refractivity contribution in [2.75, 3.05) is 25.6 Å². The zero-order chi connectivity index (χ0) is 20.1. The summed E-state index contributed by atoms with van der Waals surface area (Å²) in [4.78, 5) is 12.6. The van der Waals surface area contributed by atoms with Gasteiger partial charge in [0.2, 0.25) is 0 Å². The van der Waals surface area contributed by atoms with Crippen LogP contribution in [0.1, 0.15) is 10.4 Å². The number of nitrogens with zero attached hydrogens (tertiary/aromatic N) is 2. The van der Waals surface area contributed by atoms with Crippen LogP contribution >= 0.6 is 0 Å². The highest BCUT2D eigenvalue weighted by Gasteiger charge is 2.16. The van der Waals surface area contributed by atoms with Crippen LogP contribution in [0.2, 0.25) is 0 Å². The molecule has 0 aliphatic heterocycles. The molecule has 0 atom stereocenters. The first-order valence-electron chi connectivity index (χ1n) is 8.63. The second-order valence-electron chi connectivity index (χ2n) is 5.99. The second-order valence-corrected chi connectivity index (χ2v) is 5.99. The minimum Gasteiger partial charge on any atom is -0.497 e.